The maximum atomic E-state index is 12.2. The molecule has 1 heterocycles. The van der Waals surface area contributed by atoms with Crippen molar-refractivity contribution < 1.29 is 18.3 Å². The zero-order valence-electron chi connectivity index (χ0n) is 12.7. The second kappa shape index (κ2) is 6.72. The number of carboxylic acid groups (broad SMARTS) is 1. The second-order valence-electron chi connectivity index (χ2n) is 6.10. The van der Waals surface area contributed by atoms with Crippen LogP contribution in [-0.2, 0) is 21.4 Å². The molecule has 0 saturated heterocycles. The highest BCUT2D eigenvalue weighted by Gasteiger charge is 2.25. The SMILES string of the molecule is CN(Cc1csc(C=CC(=O)O)c1)S(=O)(=O)CC(C)(C)C. The fourth-order valence-corrected chi connectivity index (χ4v) is 4.19. The first-order chi connectivity index (χ1) is 9.49. The highest BCUT2D eigenvalue weighted by atomic mass is 32.2. The number of sulfonamides is 1. The van der Waals surface area contributed by atoms with Crippen molar-refractivity contribution in [3.05, 3.63) is 28.0 Å². The van der Waals surface area contributed by atoms with Crippen LogP contribution in [-0.4, -0.2) is 36.6 Å². The third-order valence-electron chi connectivity index (χ3n) is 2.56. The molecule has 0 atom stereocenters. The molecular weight excluding hydrogens is 310 g/mol. The highest BCUT2D eigenvalue weighted by molar-refractivity contribution is 7.89. The van der Waals surface area contributed by atoms with Crippen LogP contribution in [0.5, 0.6) is 0 Å². The Bertz CT molecular complexity index is 624. The molecule has 1 rings (SSSR count). The molecule has 21 heavy (non-hydrogen) atoms. The first-order valence-corrected chi connectivity index (χ1v) is 8.91. The molecule has 0 radical (unpaired) electrons. The van der Waals surface area contributed by atoms with E-state index in [1.807, 2.05) is 26.2 Å². The maximum Gasteiger partial charge on any atom is 0.328 e. The van der Waals surface area contributed by atoms with E-state index < -0.39 is 16.0 Å². The van der Waals surface area contributed by atoms with Crippen LogP contribution in [0.1, 0.15) is 31.2 Å². The van der Waals surface area contributed by atoms with Gasteiger partial charge in [0.15, 0.2) is 0 Å². The minimum atomic E-state index is -3.31. The van der Waals surface area contributed by atoms with E-state index in [1.54, 1.807) is 13.1 Å². The van der Waals surface area contributed by atoms with E-state index in [-0.39, 0.29) is 17.7 Å². The van der Waals surface area contributed by atoms with Gasteiger partial charge in [-0.1, -0.05) is 20.8 Å². The van der Waals surface area contributed by atoms with Gasteiger partial charge in [-0.15, -0.1) is 11.3 Å². The van der Waals surface area contributed by atoms with Crippen molar-refractivity contribution in [3.8, 4) is 0 Å². The molecule has 7 heteroatoms. The Morgan fingerprint density at radius 2 is 2.05 bits per heavy atom. The Labute approximate surface area is 130 Å². The zero-order chi connectivity index (χ0) is 16.3. The van der Waals surface area contributed by atoms with Gasteiger partial charge < -0.3 is 5.11 Å². The first-order valence-electron chi connectivity index (χ1n) is 6.42. The summed E-state index contributed by atoms with van der Waals surface area (Å²) in [6.45, 7) is 5.95. The molecule has 0 aliphatic rings. The van der Waals surface area contributed by atoms with Crippen LogP contribution in [0.2, 0.25) is 0 Å². The fourth-order valence-electron chi connectivity index (χ4n) is 1.73. The summed E-state index contributed by atoms with van der Waals surface area (Å²) in [6.07, 6.45) is 2.57. The molecule has 5 nitrogen and oxygen atoms in total. The molecule has 1 aromatic rings. The van der Waals surface area contributed by atoms with E-state index >= 15 is 0 Å². The van der Waals surface area contributed by atoms with Crippen molar-refractivity contribution in [3.63, 3.8) is 0 Å². The fraction of sp³-hybridized carbons (Fsp3) is 0.500. The molecule has 0 amide bonds. The molecule has 0 unspecified atom stereocenters. The number of nitrogens with zero attached hydrogens (tertiary/aromatic N) is 1. The van der Waals surface area contributed by atoms with Crippen LogP contribution < -0.4 is 0 Å². The van der Waals surface area contributed by atoms with E-state index in [9.17, 15) is 13.2 Å². The van der Waals surface area contributed by atoms with Crippen LogP contribution in [0.4, 0.5) is 0 Å². The summed E-state index contributed by atoms with van der Waals surface area (Å²) in [5.74, 6) is -0.915. The molecule has 0 saturated carbocycles. The summed E-state index contributed by atoms with van der Waals surface area (Å²) < 4.78 is 25.8. The third-order valence-corrected chi connectivity index (χ3v) is 5.82. The van der Waals surface area contributed by atoms with Crippen LogP contribution in [0, 0.1) is 5.41 Å². The van der Waals surface area contributed by atoms with E-state index in [2.05, 4.69) is 0 Å². The number of thiophene rings is 1. The lowest BCUT2D eigenvalue weighted by Gasteiger charge is -2.23. The van der Waals surface area contributed by atoms with Crippen molar-refractivity contribution in [2.24, 2.45) is 5.41 Å². The normalized spacial score (nSPS) is 13.2. The highest BCUT2D eigenvalue weighted by Crippen LogP contribution is 2.21. The molecule has 118 valence electrons. The molecule has 0 bridgehead atoms. The lowest BCUT2D eigenvalue weighted by atomic mass is 10.0. The lowest BCUT2D eigenvalue weighted by molar-refractivity contribution is -0.131. The standard InChI is InChI=1S/C14H21NO4S2/c1-14(2,3)10-21(18,19)15(4)8-11-7-12(20-9-11)5-6-13(16)17/h5-7,9H,8,10H2,1-4H3,(H,16,17). The van der Waals surface area contributed by atoms with Gasteiger partial charge in [0.1, 0.15) is 0 Å². The zero-order valence-corrected chi connectivity index (χ0v) is 14.3. The number of carboxylic acids is 1. The molecule has 0 aliphatic heterocycles. The molecular formula is C14H21NO4S2. The van der Waals surface area contributed by atoms with E-state index in [1.165, 1.54) is 21.7 Å². The van der Waals surface area contributed by atoms with Gasteiger partial charge in [0.05, 0.1) is 5.75 Å². The number of rotatable bonds is 6. The minimum Gasteiger partial charge on any atom is -0.478 e. The number of hydrogen-bond acceptors (Lipinski definition) is 4. The topological polar surface area (TPSA) is 74.7 Å². The lowest BCUT2D eigenvalue weighted by Crippen LogP contribution is -2.33. The average Bonchev–Trinajstić information content (AvgIpc) is 2.70. The number of aliphatic carboxylic acids is 1. The maximum absolute atomic E-state index is 12.2. The van der Waals surface area contributed by atoms with E-state index in [0.717, 1.165) is 16.5 Å². The molecule has 0 fully saturated rings. The molecule has 0 aliphatic carbocycles. The van der Waals surface area contributed by atoms with Gasteiger partial charge in [-0.3, -0.25) is 0 Å². The average molecular weight is 331 g/mol. The van der Waals surface area contributed by atoms with Crippen molar-refractivity contribution in [1.82, 2.24) is 4.31 Å². The molecule has 0 aromatic carbocycles. The molecule has 1 N–H and O–H groups in total. The Balaban J connectivity index is 2.75. The Kier molecular flexibility index (Phi) is 5.72. The number of carbonyl (C=O) groups is 1. The van der Waals surface area contributed by atoms with Crippen LogP contribution in [0.3, 0.4) is 0 Å². The smallest absolute Gasteiger partial charge is 0.328 e. The van der Waals surface area contributed by atoms with E-state index in [4.69, 9.17) is 5.11 Å². The monoisotopic (exact) mass is 331 g/mol. The predicted octanol–water partition coefficient (Wildman–Crippen LogP) is 2.65. The third kappa shape index (κ3) is 6.41. The number of hydrogen-bond donors (Lipinski definition) is 1. The molecule has 0 spiro atoms. The van der Waals surface area contributed by atoms with Crippen molar-refractivity contribution in [2.75, 3.05) is 12.8 Å². The second-order valence-corrected chi connectivity index (χ2v) is 9.12. The quantitative estimate of drug-likeness (QED) is 0.813. The summed E-state index contributed by atoms with van der Waals surface area (Å²) in [4.78, 5) is 11.2. The van der Waals surface area contributed by atoms with Gasteiger partial charge in [-0.05, 0) is 28.5 Å². The van der Waals surface area contributed by atoms with Crippen molar-refractivity contribution >= 4 is 33.4 Å². The summed E-state index contributed by atoms with van der Waals surface area (Å²) in [5, 5.41) is 10.4. The van der Waals surface area contributed by atoms with Crippen LogP contribution in [0.15, 0.2) is 17.5 Å². The Morgan fingerprint density at radius 3 is 2.57 bits per heavy atom. The first kappa shape index (κ1) is 17.9. The van der Waals surface area contributed by atoms with E-state index in [0.29, 0.717) is 0 Å². The summed E-state index contributed by atoms with van der Waals surface area (Å²) in [5.41, 5.74) is 0.557. The molecule has 1 aromatic heterocycles. The van der Waals surface area contributed by atoms with Gasteiger partial charge in [-0.25, -0.2) is 17.5 Å². The predicted molar refractivity (Wildman–Crippen MR) is 85.7 cm³/mol. The van der Waals surface area contributed by atoms with Gasteiger partial charge in [-0.2, -0.15) is 0 Å². The van der Waals surface area contributed by atoms with Gasteiger partial charge in [0.2, 0.25) is 10.0 Å². The largest absolute Gasteiger partial charge is 0.478 e. The van der Waals surface area contributed by atoms with Gasteiger partial charge in [0.25, 0.3) is 0 Å². The van der Waals surface area contributed by atoms with Gasteiger partial charge >= 0.3 is 5.97 Å². The van der Waals surface area contributed by atoms with Gasteiger partial charge in [0, 0.05) is 24.5 Å². The summed E-state index contributed by atoms with van der Waals surface area (Å²) in [7, 11) is -1.75. The van der Waals surface area contributed by atoms with Crippen LogP contribution in [0.25, 0.3) is 6.08 Å². The van der Waals surface area contributed by atoms with Crippen LogP contribution >= 0.6 is 11.3 Å². The Morgan fingerprint density at radius 1 is 1.43 bits per heavy atom. The summed E-state index contributed by atoms with van der Waals surface area (Å²) in [6, 6.07) is 1.80. The Hall–Kier alpha value is -1.18. The summed E-state index contributed by atoms with van der Waals surface area (Å²) >= 11 is 1.39. The minimum absolute atomic E-state index is 0.0897. The van der Waals surface area contributed by atoms with Crippen molar-refractivity contribution in [2.45, 2.75) is 27.3 Å². The van der Waals surface area contributed by atoms with Crippen molar-refractivity contribution in [1.29, 1.82) is 0 Å².